The number of H-pyrrole nitrogens is 1. The van der Waals surface area contributed by atoms with Gasteiger partial charge in [-0.15, -0.1) is 5.10 Å². The summed E-state index contributed by atoms with van der Waals surface area (Å²) < 4.78 is 14.0. The highest BCUT2D eigenvalue weighted by Crippen LogP contribution is 2.38. The molecular formula is C20H20N6O2. The normalized spacial score (nSPS) is 23.7. The molecular weight excluding hydrogens is 356 g/mol. The Hall–Kier alpha value is -3.13. The van der Waals surface area contributed by atoms with Gasteiger partial charge < -0.3 is 14.8 Å². The number of nitrogens with zero attached hydrogens (tertiary/aromatic N) is 4. The van der Waals surface area contributed by atoms with Crippen LogP contribution in [0.3, 0.4) is 0 Å². The highest BCUT2D eigenvalue weighted by molar-refractivity contribution is 5.92. The average Bonchev–Trinajstić information content (AvgIpc) is 3.48. The van der Waals surface area contributed by atoms with Gasteiger partial charge in [-0.1, -0.05) is 0 Å². The molecule has 3 unspecified atom stereocenters. The van der Waals surface area contributed by atoms with Gasteiger partial charge in [-0.05, 0) is 43.2 Å². The van der Waals surface area contributed by atoms with Gasteiger partial charge in [0, 0.05) is 25.4 Å². The van der Waals surface area contributed by atoms with Crippen molar-refractivity contribution in [3.63, 3.8) is 0 Å². The molecule has 2 aliphatic rings. The fourth-order valence-electron chi connectivity index (χ4n) is 4.34. The van der Waals surface area contributed by atoms with Gasteiger partial charge in [-0.2, -0.15) is 5.10 Å². The van der Waals surface area contributed by atoms with Crippen molar-refractivity contribution in [2.45, 2.75) is 37.6 Å². The molecule has 5 heterocycles. The Kier molecular flexibility index (Phi) is 3.37. The van der Waals surface area contributed by atoms with Crippen LogP contribution in [0.2, 0.25) is 0 Å². The molecule has 0 saturated carbocycles. The van der Waals surface area contributed by atoms with Crippen LogP contribution in [0.5, 0.6) is 5.88 Å². The Balaban J connectivity index is 1.30. The number of aryl methyl sites for hydroxylation is 1. The highest BCUT2D eigenvalue weighted by atomic mass is 16.6. The zero-order valence-electron chi connectivity index (χ0n) is 15.4. The monoisotopic (exact) mass is 376 g/mol. The lowest BCUT2D eigenvalue weighted by Gasteiger charge is -2.18. The van der Waals surface area contributed by atoms with Gasteiger partial charge in [0.1, 0.15) is 11.9 Å². The molecule has 8 heteroatoms. The third-order valence-corrected chi connectivity index (χ3v) is 5.73. The predicted octanol–water partition coefficient (Wildman–Crippen LogP) is 3.29. The lowest BCUT2D eigenvalue weighted by Crippen LogP contribution is -2.28. The number of hydrogen-bond donors (Lipinski definition) is 2. The van der Waals surface area contributed by atoms with Crippen LogP contribution in [-0.2, 0) is 11.8 Å². The lowest BCUT2D eigenvalue weighted by molar-refractivity contribution is 0.0625. The number of ether oxygens (including phenoxy) is 2. The number of benzene rings is 1. The van der Waals surface area contributed by atoms with E-state index in [1.165, 1.54) is 0 Å². The second-order valence-electron chi connectivity index (χ2n) is 7.52. The maximum Gasteiger partial charge on any atom is 0.241 e. The van der Waals surface area contributed by atoms with Gasteiger partial charge in [-0.25, -0.2) is 4.98 Å². The van der Waals surface area contributed by atoms with Crippen molar-refractivity contribution in [3.05, 3.63) is 36.5 Å². The minimum absolute atomic E-state index is 0.110. The Morgan fingerprint density at radius 3 is 3.07 bits per heavy atom. The van der Waals surface area contributed by atoms with Crippen molar-refractivity contribution < 1.29 is 9.47 Å². The van der Waals surface area contributed by atoms with E-state index in [2.05, 4.69) is 31.7 Å². The summed E-state index contributed by atoms with van der Waals surface area (Å²) in [6.45, 7) is 0. The molecule has 3 atom stereocenters. The second-order valence-corrected chi connectivity index (χ2v) is 7.52. The molecule has 2 fully saturated rings. The highest BCUT2D eigenvalue weighted by Gasteiger charge is 2.42. The van der Waals surface area contributed by atoms with Gasteiger partial charge in [0.05, 0.1) is 28.5 Å². The standard InChI is InChI=1S/C20H20N6O2/c1-26-15-9-11(22-19-14-3-2-8-21-18(14)23-24-19)4-6-13(15)20(25-26)28-17-10-12-5-7-16(17)27-12/h2-4,6,8-9,12,16-17H,5,7,10H2,1H3,(H2,21,22,23,24). The molecule has 0 spiro atoms. The average molecular weight is 376 g/mol. The lowest BCUT2D eigenvalue weighted by atomic mass is 9.98. The quantitative estimate of drug-likeness (QED) is 0.568. The molecule has 28 heavy (non-hydrogen) atoms. The van der Waals surface area contributed by atoms with E-state index >= 15 is 0 Å². The summed E-state index contributed by atoms with van der Waals surface area (Å²) in [5, 5.41) is 17.2. The van der Waals surface area contributed by atoms with Crippen molar-refractivity contribution in [1.82, 2.24) is 25.0 Å². The number of anilines is 2. The van der Waals surface area contributed by atoms with Crippen LogP contribution < -0.4 is 10.1 Å². The summed E-state index contributed by atoms with van der Waals surface area (Å²) in [5.41, 5.74) is 2.64. The number of aromatic nitrogens is 5. The molecule has 2 saturated heterocycles. The summed E-state index contributed by atoms with van der Waals surface area (Å²) in [6.07, 6.45) is 5.62. The van der Waals surface area contributed by atoms with E-state index in [4.69, 9.17) is 9.47 Å². The summed E-state index contributed by atoms with van der Waals surface area (Å²) in [6, 6.07) is 10.0. The van der Waals surface area contributed by atoms with E-state index in [-0.39, 0.29) is 12.2 Å². The third-order valence-electron chi connectivity index (χ3n) is 5.73. The molecule has 4 aromatic rings. The van der Waals surface area contributed by atoms with Crippen LogP contribution in [0.15, 0.2) is 36.5 Å². The number of nitrogens with one attached hydrogen (secondary N) is 2. The van der Waals surface area contributed by atoms with E-state index in [1.807, 2.05) is 36.0 Å². The van der Waals surface area contributed by atoms with Crippen LogP contribution in [0.25, 0.3) is 21.9 Å². The molecule has 3 aromatic heterocycles. The number of aromatic amines is 1. The van der Waals surface area contributed by atoms with Crippen LogP contribution in [0.4, 0.5) is 11.5 Å². The molecule has 0 aliphatic carbocycles. The molecule has 1 aromatic carbocycles. The van der Waals surface area contributed by atoms with Crippen molar-refractivity contribution in [2.75, 3.05) is 5.32 Å². The van der Waals surface area contributed by atoms with Gasteiger partial charge in [0.2, 0.25) is 5.88 Å². The fourth-order valence-corrected chi connectivity index (χ4v) is 4.34. The first-order valence-corrected chi connectivity index (χ1v) is 9.59. The summed E-state index contributed by atoms with van der Waals surface area (Å²) in [7, 11) is 1.94. The molecule has 6 rings (SSSR count). The Morgan fingerprint density at radius 1 is 1.25 bits per heavy atom. The van der Waals surface area contributed by atoms with E-state index in [0.717, 1.165) is 47.1 Å². The number of pyridine rings is 1. The topological polar surface area (TPSA) is 89.9 Å². The number of fused-ring (bicyclic) bond motifs is 4. The first-order chi connectivity index (χ1) is 13.7. The third kappa shape index (κ3) is 2.45. The fraction of sp³-hybridized carbons (Fsp3) is 0.350. The molecule has 0 radical (unpaired) electrons. The smallest absolute Gasteiger partial charge is 0.241 e. The minimum Gasteiger partial charge on any atom is -0.470 e. The summed E-state index contributed by atoms with van der Waals surface area (Å²) >= 11 is 0. The van der Waals surface area contributed by atoms with E-state index in [9.17, 15) is 0 Å². The Bertz CT molecular complexity index is 1180. The molecule has 2 bridgehead atoms. The molecule has 8 nitrogen and oxygen atoms in total. The van der Waals surface area contributed by atoms with Crippen molar-refractivity contribution in [1.29, 1.82) is 0 Å². The van der Waals surface area contributed by atoms with Gasteiger partial charge >= 0.3 is 0 Å². The molecule has 142 valence electrons. The first-order valence-electron chi connectivity index (χ1n) is 9.59. The van der Waals surface area contributed by atoms with Crippen LogP contribution in [0.1, 0.15) is 19.3 Å². The Morgan fingerprint density at radius 2 is 2.21 bits per heavy atom. The van der Waals surface area contributed by atoms with Crippen molar-refractivity contribution in [2.24, 2.45) is 7.05 Å². The van der Waals surface area contributed by atoms with Gasteiger partial charge in [0.15, 0.2) is 5.65 Å². The summed E-state index contributed by atoms with van der Waals surface area (Å²) in [4.78, 5) is 4.25. The van der Waals surface area contributed by atoms with Gasteiger partial charge in [0.25, 0.3) is 0 Å². The second kappa shape index (κ2) is 5.93. The summed E-state index contributed by atoms with van der Waals surface area (Å²) in [5.74, 6) is 1.50. The largest absolute Gasteiger partial charge is 0.470 e. The van der Waals surface area contributed by atoms with Crippen LogP contribution in [0, 0.1) is 0 Å². The van der Waals surface area contributed by atoms with Gasteiger partial charge in [-0.3, -0.25) is 9.78 Å². The van der Waals surface area contributed by atoms with Crippen LogP contribution in [-0.4, -0.2) is 43.3 Å². The predicted molar refractivity (Wildman–Crippen MR) is 105 cm³/mol. The van der Waals surface area contributed by atoms with Crippen molar-refractivity contribution in [3.8, 4) is 5.88 Å². The molecule has 2 aliphatic heterocycles. The molecule has 0 amide bonds. The van der Waals surface area contributed by atoms with E-state index in [1.54, 1.807) is 6.20 Å². The Labute approximate surface area is 160 Å². The minimum atomic E-state index is 0.110. The maximum atomic E-state index is 6.24. The van der Waals surface area contributed by atoms with Crippen molar-refractivity contribution >= 4 is 33.4 Å². The first kappa shape index (κ1) is 15.9. The SMILES string of the molecule is Cn1nc(OC2CC3CCC2O3)c2ccc(Nc3[nH]nc4ncccc34)cc21. The van der Waals surface area contributed by atoms with E-state index < -0.39 is 0 Å². The number of rotatable bonds is 4. The zero-order valence-corrected chi connectivity index (χ0v) is 15.4. The number of hydrogen-bond acceptors (Lipinski definition) is 6. The molecule has 2 N–H and O–H groups in total. The van der Waals surface area contributed by atoms with E-state index in [0.29, 0.717) is 17.6 Å². The maximum absolute atomic E-state index is 6.24. The van der Waals surface area contributed by atoms with Crippen LogP contribution >= 0.6 is 0 Å². The zero-order chi connectivity index (χ0) is 18.7.